The Morgan fingerprint density at radius 2 is 2.05 bits per heavy atom. The molecule has 0 bridgehead atoms. The average molecular weight is 394 g/mol. The van der Waals surface area contributed by atoms with Crippen LogP contribution in [-0.4, -0.2) is 40.0 Å². The van der Waals surface area contributed by atoms with Crippen LogP contribution in [0.15, 0.2) is 21.2 Å². The molecule has 1 amide bonds. The van der Waals surface area contributed by atoms with Crippen LogP contribution in [0.3, 0.4) is 0 Å². The third-order valence-corrected chi connectivity index (χ3v) is 3.25. The topological polar surface area (TPSA) is 70.5 Å². The first-order valence-corrected chi connectivity index (χ1v) is 7.22. The second kappa shape index (κ2) is 7.00. The van der Waals surface area contributed by atoms with Gasteiger partial charge in [0.05, 0.1) is 4.47 Å². The highest BCUT2D eigenvalue weighted by Crippen LogP contribution is 2.21. The maximum atomic E-state index is 12.3. The molecule has 0 aromatic carbocycles. The number of aliphatic carboxylic acids is 1. The molecular weight excluding hydrogens is 380 g/mol. The normalized spacial score (nSPS) is 10.6. The first-order chi connectivity index (χ1) is 8.81. The van der Waals surface area contributed by atoms with Crippen LogP contribution in [0.25, 0.3) is 0 Å². The number of carbonyl (C=O) groups is 2. The monoisotopic (exact) mass is 392 g/mol. The van der Waals surface area contributed by atoms with E-state index in [1.807, 2.05) is 13.8 Å². The number of amides is 1. The van der Waals surface area contributed by atoms with Gasteiger partial charge in [-0.2, -0.15) is 0 Å². The van der Waals surface area contributed by atoms with E-state index in [1.165, 1.54) is 11.1 Å². The number of hydrogen-bond donors (Lipinski definition) is 1. The van der Waals surface area contributed by atoms with E-state index in [9.17, 15) is 9.59 Å². The number of pyridine rings is 1. The number of rotatable bonds is 5. The van der Waals surface area contributed by atoms with Crippen molar-refractivity contribution >= 4 is 43.7 Å². The first kappa shape index (κ1) is 16.1. The van der Waals surface area contributed by atoms with Crippen molar-refractivity contribution in [2.75, 3.05) is 13.1 Å². The Morgan fingerprint density at radius 1 is 1.42 bits per heavy atom. The number of aromatic nitrogens is 1. The second-order valence-corrected chi connectivity index (χ2v) is 6.23. The van der Waals surface area contributed by atoms with Crippen molar-refractivity contribution in [1.82, 2.24) is 9.88 Å². The maximum absolute atomic E-state index is 12.3. The lowest BCUT2D eigenvalue weighted by Gasteiger charge is -2.22. The Morgan fingerprint density at radius 3 is 2.53 bits per heavy atom. The van der Waals surface area contributed by atoms with Crippen LogP contribution in [0.2, 0.25) is 0 Å². The molecule has 0 aliphatic heterocycles. The van der Waals surface area contributed by atoms with Crippen LogP contribution in [0.5, 0.6) is 0 Å². The molecule has 1 rings (SSSR count). The molecule has 104 valence electrons. The smallest absolute Gasteiger partial charge is 0.323 e. The van der Waals surface area contributed by atoms with Gasteiger partial charge in [-0.05, 0) is 43.8 Å². The van der Waals surface area contributed by atoms with Crippen molar-refractivity contribution in [3.8, 4) is 0 Å². The molecule has 5 nitrogen and oxygen atoms in total. The van der Waals surface area contributed by atoms with Crippen LogP contribution in [-0.2, 0) is 4.79 Å². The fourth-order valence-corrected chi connectivity index (χ4v) is 2.70. The molecule has 19 heavy (non-hydrogen) atoms. The summed E-state index contributed by atoms with van der Waals surface area (Å²) in [5, 5.41) is 8.87. The Kier molecular flexibility index (Phi) is 5.93. The van der Waals surface area contributed by atoms with Gasteiger partial charge in [0.2, 0.25) is 0 Å². The minimum absolute atomic E-state index is 0.178. The Labute approximate surface area is 128 Å². The minimum Gasteiger partial charge on any atom is -0.480 e. The van der Waals surface area contributed by atoms with Gasteiger partial charge >= 0.3 is 5.97 Å². The number of hydrogen-bond acceptors (Lipinski definition) is 3. The van der Waals surface area contributed by atoms with E-state index in [2.05, 4.69) is 36.8 Å². The Balaban J connectivity index is 3.00. The van der Waals surface area contributed by atoms with E-state index in [0.29, 0.717) is 11.0 Å². The Bertz CT molecular complexity index is 492. The van der Waals surface area contributed by atoms with E-state index in [1.54, 1.807) is 6.07 Å². The van der Waals surface area contributed by atoms with E-state index in [0.717, 1.165) is 4.47 Å². The molecule has 0 spiro atoms. The number of carboxylic acids is 1. The quantitative estimate of drug-likeness (QED) is 0.834. The van der Waals surface area contributed by atoms with Crippen LogP contribution in [0, 0.1) is 5.92 Å². The van der Waals surface area contributed by atoms with Gasteiger partial charge in [-0.25, -0.2) is 4.98 Å². The van der Waals surface area contributed by atoms with Gasteiger partial charge < -0.3 is 10.0 Å². The molecule has 0 aliphatic carbocycles. The van der Waals surface area contributed by atoms with Gasteiger partial charge in [0, 0.05) is 17.2 Å². The van der Waals surface area contributed by atoms with Gasteiger partial charge in [-0.15, -0.1) is 0 Å². The van der Waals surface area contributed by atoms with Crippen molar-refractivity contribution in [3.05, 3.63) is 26.9 Å². The van der Waals surface area contributed by atoms with E-state index in [-0.39, 0.29) is 18.2 Å². The zero-order chi connectivity index (χ0) is 14.6. The summed E-state index contributed by atoms with van der Waals surface area (Å²) in [5.41, 5.74) is 0.213. The molecule has 1 aromatic rings. The molecule has 0 aliphatic rings. The van der Waals surface area contributed by atoms with Crippen molar-refractivity contribution in [2.45, 2.75) is 13.8 Å². The molecule has 0 unspecified atom stereocenters. The Hall–Kier alpha value is -0.950. The van der Waals surface area contributed by atoms with E-state index < -0.39 is 11.9 Å². The van der Waals surface area contributed by atoms with E-state index in [4.69, 9.17) is 5.11 Å². The summed E-state index contributed by atoms with van der Waals surface area (Å²) >= 11 is 6.51. The predicted octanol–water partition coefficient (Wildman–Crippen LogP) is 2.79. The summed E-state index contributed by atoms with van der Waals surface area (Å²) in [5.74, 6) is -1.25. The van der Waals surface area contributed by atoms with Crippen molar-refractivity contribution < 1.29 is 14.7 Å². The SMILES string of the molecule is CC(C)CN(CC(=O)O)C(=O)c1ncc(Br)cc1Br. The number of carboxylic acid groups (broad SMARTS) is 1. The molecule has 1 heterocycles. The van der Waals surface area contributed by atoms with Crippen molar-refractivity contribution in [2.24, 2.45) is 5.92 Å². The maximum Gasteiger partial charge on any atom is 0.323 e. The molecule has 0 radical (unpaired) electrons. The van der Waals surface area contributed by atoms with Crippen LogP contribution < -0.4 is 0 Å². The summed E-state index contributed by atoms with van der Waals surface area (Å²) in [7, 11) is 0. The average Bonchev–Trinajstić information content (AvgIpc) is 2.26. The number of halogens is 2. The van der Waals surface area contributed by atoms with Gasteiger partial charge in [0.25, 0.3) is 5.91 Å². The molecule has 1 N–H and O–H groups in total. The number of carbonyl (C=O) groups excluding carboxylic acids is 1. The molecule has 7 heteroatoms. The summed E-state index contributed by atoms with van der Waals surface area (Å²) in [6.45, 7) is 3.88. The summed E-state index contributed by atoms with van der Waals surface area (Å²) in [6.07, 6.45) is 1.51. The zero-order valence-corrected chi connectivity index (χ0v) is 13.7. The third kappa shape index (κ3) is 4.91. The second-order valence-electron chi connectivity index (χ2n) is 4.46. The van der Waals surface area contributed by atoms with Gasteiger partial charge in [-0.3, -0.25) is 9.59 Å². The van der Waals surface area contributed by atoms with Crippen LogP contribution in [0.4, 0.5) is 0 Å². The largest absolute Gasteiger partial charge is 0.480 e. The summed E-state index contributed by atoms with van der Waals surface area (Å²) in [4.78, 5) is 28.5. The fraction of sp³-hybridized carbons (Fsp3) is 0.417. The lowest BCUT2D eigenvalue weighted by Crippen LogP contribution is -2.38. The first-order valence-electron chi connectivity index (χ1n) is 5.63. The summed E-state index contributed by atoms with van der Waals surface area (Å²) < 4.78 is 1.27. The minimum atomic E-state index is -1.04. The standard InChI is InChI=1S/C12H14Br2N2O3/c1-7(2)5-16(6-10(17)18)12(19)11-9(14)3-8(13)4-15-11/h3-4,7H,5-6H2,1-2H3,(H,17,18). The molecule has 1 aromatic heterocycles. The number of nitrogens with zero attached hydrogens (tertiary/aromatic N) is 2. The van der Waals surface area contributed by atoms with Crippen molar-refractivity contribution in [1.29, 1.82) is 0 Å². The highest BCUT2D eigenvalue weighted by molar-refractivity contribution is 9.11. The van der Waals surface area contributed by atoms with Gasteiger partial charge in [-0.1, -0.05) is 13.8 Å². The highest BCUT2D eigenvalue weighted by Gasteiger charge is 2.22. The molecule has 0 fully saturated rings. The van der Waals surface area contributed by atoms with Crippen molar-refractivity contribution in [3.63, 3.8) is 0 Å². The lowest BCUT2D eigenvalue weighted by molar-refractivity contribution is -0.137. The molecule has 0 saturated carbocycles. The van der Waals surface area contributed by atoms with Crippen LogP contribution in [0.1, 0.15) is 24.3 Å². The third-order valence-electron chi connectivity index (χ3n) is 2.21. The zero-order valence-electron chi connectivity index (χ0n) is 10.6. The molecule has 0 saturated heterocycles. The van der Waals surface area contributed by atoms with Gasteiger partial charge in [0.1, 0.15) is 12.2 Å². The van der Waals surface area contributed by atoms with Crippen LogP contribution >= 0.6 is 31.9 Å². The summed E-state index contributed by atoms with van der Waals surface area (Å²) in [6, 6.07) is 1.70. The predicted molar refractivity (Wildman–Crippen MR) is 78.0 cm³/mol. The highest BCUT2D eigenvalue weighted by atomic mass is 79.9. The lowest BCUT2D eigenvalue weighted by atomic mass is 10.2. The van der Waals surface area contributed by atoms with Gasteiger partial charge in [0.15, 0.2) is 0 Å². The fourth-order valence-electron chi connectivity index (χ4n) is 1.55. The van der Waals surface area contributed by atoms with E-state index >= 15 is 0 Å². The molecular formula is C12H14Br2N2O3. The molecule has 0 atom stereocenters.